The molecule has 8 nitrogen and oxygen atoms in total. The highest BCUT2D eigenvalue weighted by molar-refractivity contribution is 5.80. The second-order valence-corrected chi connectivity index (χ2v) is 6.59. The van der Waals surface area contributed by atoms with E-state index >= 15 is 0 Å². The van der Waals surface area contributed by atoms with E-state index in [4.69, 9.17) is 4.74 Å². The van der Waals surface area contributed by atoms with E-state index in [1.165, 1.54) is 0 Å². The van der Waals surface area contributed by atoms with Crippen LogP contribution < -0.4 is 15.0 Å². The molecule has 146 valence electrons. The zero-order chi connectivity index (χ0) is 19.3. The van der Waals surface area contributed by atoms with E-state index in [0.717, 1.165) is 55.0 Å². The molecule has 0 saturated carbocycles. The van der Waals surface area contributed by atoms with Gasteiger partial charge in [0.15, 0.2) is 17.4 Å². The number of para-hydroxylation sites is 2. The summed E-state index contributed by atoms with van der Waals surface area (Å²) in [5, 5.41) is 11.9. The predicted octanol–water partition coefficient (Wildman–Crippen LogP) is 1.64. The van der Waals surface area contributed by atoms with Gasteiger partial charge in [-0.15, -0.1) is 10.2 Å². The summed E-state index contributed by atoms with van der Waals surface area (Å²) in [4.78, 5) is 9.08. The van der Waals surface area contributed by atoms with Gasteiger partial charge in [-0.3, -0.25) is 9.39 Å². The number of pyridine rings is 1. The molecule has 0 spiro atoms. The van der Waals surface area contributed by atoms with Crippen LogP contribution in [0.5, 0.6) is 5.75 Å². The molecule has 8 heteroatoms. The summed E-state index contributed by atoms with van der Waals surface area (Å²) in [6, 6.07) is 14.0. The second kappa shape index (κ2) is 8.16. The highest BCUT2D eigenvalue weighted by Crippen LogP contribution is 2.28. The van der Waals surface area contributed by atoms with E-state index in [2.05, 4.69) is 36.4 Å². The molecule has 4 rings (SSSR count). The zero-order valence-electron chi connectivity index (χ0n) is 16.2. The van der Waals surface area contributed by atoms with Gasteiger partial charge in [-0.1, -0.05) is 18.2 Å². The van der Waals surface area contributed by atoms with Crippen molar-refractivity contribution in [1.82, 2.24) is 24.8 Å². The number of nitrogens with one attached hydrogen (secondary N) is 1. The fourth-order valence-corrected chi connectivity index (χ4v) is 3.55. The second-order valence-electron chi connectivity index (χ2n) is 6.59. The molecule has 1 fully saturated rings. The van der Waals surface area contributed by atoms with Gasteiger partial charge in [-0.25, -0.2) is 0 Å². The Morgan fingerprint density at radius 2 is 1.86 bits per heavy atom. The van der Waals surface area contributed by atoms with Gasteiger partial charge in [0.05, 0.1) is 19.3 Å². The number of hydrogen-bond donors (Lipinski definition) is 1. The first-order valence-electron chi connectivity index (χ1n) is 9.42. The number of anilines is 1. The van der Waals surface area contributed by atoms with Crippen molar-refractivity contribution in [3.05, 3.63) is 54.5 Å². The van der Waals surface area contributed by atoms with E-state index < -0.39 is 0 Å². The number of benzene rings is 1. The van der Waals surface area contributed by atoms with Crippen molar-refractivity contribution in [2.24, 2.45) is 4.99 Å². The van der Waals surface area contributed by atoms with Gasteiger partial charge in [0.2, 0.25) is 0 Å². The first-order valence-corrected chi connectivity index (χ1v) is 9.42. The molecule has 1 aliphatic heterocycles. The minimum Gasteiger partial charge on any atom is -0.495 e. The smallest absolute Gasteiger partial charge is 0.194 e. The SMILES string of the molecule is CN=C(NCc1nnc2ccccn12)N1CCN(c2ccccc2OC)CC1. The maximum Gasteiger partial charge on any atom is 0.194 e. The molecule has 1 aromatic carbocycles. The Balaban J connectivity index is 1.38. The molecule has 0 radical (unpaired) electrons. The summed E-state index contributed by atoms with van der Waals surface area (Å²) >= 11 is 0. The lowest BCUT2D eigenvalue weighted by molar-refractivity contribution is 0.366. The van der Waals surface area contributed by atoms with E-state index in [-0.39, 0.29) is 0 Å². The van der Waals surface area contributed by atoms with Crippen molar-refractivity contribution in [2.45, 2.75) is 6.54 Å². The number of guanidine groups is 1. The van der Waals surface area contributed by atoms with Crippen LogP contribution in [0.15, 0.2) is 53.7 Å². The summed E-state index contributed by atoms with van der Waals surface area (Å²) in [5.74, 6) is 2.66. The highest BCUT2D eigenvalue weighted by Gasteiger charge is 2.21. The summed E-state index contributed by atoms with van der Waals surface area (Å²) in [5.41, 5.74) is 1.99. The summed E-state index contributed by atoms with van der Waals surface area (Å²) in [6.45, 7) is 4.17. The molecular weight excluding hydrogens is 354 g/mol. The van der Waals surface area contributed by atoms with Gasteiger partial charge in [-0.05, 0) is 24.3 Å². The maximum atomic E-state index is 5.50. The third-order valence-electron chi connectivity index (χ3n) is 5.01. The van der Waals surface area contributed by atoms with Crippen molar-refractivity contribution in [3.63, 3.8) is 0 Å². The fraction of sp³-hybridized carbons (Fsp3) is 0.350. The lowest BCUT2D eigenvalue weighted by atomic mass is 10.2. The number of aliphatic imine (C=N–C) groups is 1. The Morgan fingerprint density at radius 3 is 2.64 bits per heavy atom. The predicted molar refractivity (Wildman–Crippen MR) is 110 cm³/mol. The van der Waals surface area contributed by atoms with E-state index in [0.29, 0.717) is 6.54 Å². The zero-order valence-corrected chi connectivity index (χ0v) is 16.2. The standard InChI is InChI=1S/C20H25N7O/c1-21-20(22-15-19-24-23-18-9-5-6-10-27(18)19)26-13-11-25(12-14-26)16-7-3-4-8-17(16)28-2/h3-10H,11-15H2,1-2H3,(H,21,22). The Labute approximate surface area is 164 Å². The number of fused-ring (bicyclic) bond motifs is 1. The van der Waals surface area contributed by atoms with Crippen molar-refractivity contribution in [1.29, 1.82) is 0 Å². The van der Waals surface area contributed by atoms with Crippen molar-refractivity contribution in [2.75, 3.05) is 45.2 Å². The number of ether oxygens (including phenoxy) is 1. The Morgan fingerprint density at radius 1 is 1.07 bits per heavy atom. The van der Waals surface area contributed by atoms with Crippen LogP contribution >= 0.6 is 0 Å². The van der Waals surface area contributed by atoms with Gasteiger partial charge < -0.3 is 19.9 Å². The fourth-order valence-electron chi connectivity index (χ4n) is 3.55. The minimum absolute atomic E-state index is 0.574. The number of rotatable bonds is 4. The number of methoxy groups -OCH3 is 1. The van der Waals surface area contributed by atoms with Crippen LogP contribution in [-0.2, 0) is 6.54 Å². The maximum absolute atomic E-state index is 5.50. The van der Waals surface area contributed by atoms with Gasteiger partial charge in [0, 0.05) is 39.4 Å². The molecule has 0 amide bonds. The largest absolute Gasteiger partial charge is 0.495 e. The van der Waals surface area contributed by atoms with E-state index in [1.807, 2.05) is 54.0 Å². The van der Waals surface area contributed by atoms with Crippen molar-refractivity contribution in [3.8, 4) is 5.75 Å². The average molecular weight is 379 g/mol. The van der Waals surface area contributed by atoms with Gasteiger partial charge in [0.1, 0.15) is 5.75 Å². The van der Waals surface area contributed by atoms with E-state index in [9.17, 15) is 0 Å². The monoisotopic (exact) mass is 379 g/mol. The van der Waals surface area contributed by atoms with Gasteiger partial charge in [-0.2, -0.15) is 0 Å². The lowest BCUT2D eigenvalue weighted by Gasteiger charge is -2.38. The third kappa shape index (κ3) is 3.58. The molecule has 1 N–H and O–H groups in total. The number of aromatic nitrogens is 3. The molecule has 28 heavy (non-hydrogen) atoms. The van der Waals surface area contributed by atoms with Crippen molar-refractivity contribution >= 4 is 17.3 Å². The molecule has 1 saturated heterocycles. The molecule has 2 aromatic heterocycles. The molecule has 0 atom stereocenters. The first kappa shape index (κ1) is 18.1. The third-order valence-corrected chi connectivity index (χ3v) is 5.01. The van der Waals surface area contributed by atoms with E-state index in [1.54, 1.807) is 7.11 Å². The van der Waals surface area contributed by atoms with Gasteiger partial charge in [0.25, 0.3) is 0 Å². The summed E-state index contributed by atoms with van der Waals surface area (Å²) in [6.07, 6.45) is 1.97. The highest BCUT2D eigenvalue weighted by atomic mass is 16.5. The van der Waals surface area contributed by atoms with Crippen LogP contribution in [-0.4, -0.2) is 65.8 Å². The normalized spacial score (nSPS) is 15.1. The molecule has 0 unspecified atom stereocenters. The molecule has 3 aromatic rings. The number of hydrogen-bond acceptors (Lipinski definition) is 5. The number of piperazine rings is 1. The summed E-state index contributed by atoms with van der Waals surface area (Å²) < 4.78 is 7.49. The summed E-state index contributed by atoms with van der Waals surface area (Å²) in [7, 11) is 3.53. The Hall–Kier alpha value is -3.29. The average Bonchev–Trinajstić information content (AvgIpc) is 3.18. The molecule has 0 bridgehead atoms. The van der Waals surface area contributed by atoms with Crippen LogP contribution in [0.3, 0.4) is 0 Å². The Kier molecular flexibility index (Phi) is 5.27. The van der Waals surface area contributed by atoms with Crippen LogP contribution in [0.1, 0.15) is 5.82 Å². The number of nitrogens with zero attached hydrogens (tertiary/aromatic N) is 6. The molecule has 1 aliphatic rings. The van der Waals surface area contributed by atoms with Gasteiger partial charge >= 0.3 is 0 Å². The molecule has 3 heterocycles. The topological polar surface area (TPSA) is 70.3 Å². The van der Waals surface area contributed by atoms with Crippen LogP contribution in [0, 0.1) is 0 Å². The lowest BCUT2D eigenvalue weighted by Crippen LogP contribution is -2.52. The van der Waals surface area contributed by atoms with Crippen LogP contribution in [0.4, 0.5) is 5.69 Å². The van der Waals surface area contributed by atoms with Crippen molar-refractivity contribution < 1.29 is 4.74 Å². The quantitative estimate of drug-likeness (QED) is 0.549. The molecular formula is C20H25N7O. The van der Waals surface area contributed by atoms with Crippen LogP contribution in [0.25, 0.3) is 5.65 Å². The van der Waals surface area contributed by atoms with Crippen LogP contribution in [0.2, 0.25) is 0 Å². The minimum atomic E-state index is 0.574. The molecule has 0 aliphatic carbocycles. The Bertz CT molecular complexity index is 960. The first-order chi connectivity index (χ1) is 13.8.